The molecule has 1 heterocycles. The molecule has 0 aliphatic rings. The number of nitrogens with zero attached hydrogens (tertiary/aromatic N) is 2. The molecule has 0 fully saturated rings. The Morgan fingerprint density at radius 2 is 1.95 bits per heavy atom. The first-order valence-corrected chi connectivity index (χ1v) is 8.01. The smallest absolute Gasteiger partial charge is 0.137 e. The second-order valence-corrected chi connectivity index (χ2v) is 6.47. The molecule has 0 amide bonds. The van der Waals surface area contributed by atoms with E-state index in [2.05, 4.69) is 70.2 Å². The molecule has 21 heavy (non-hydrogen) atoms. The highest BCUT2D eigenvalue weighted by Gasteiger charge is 2.11. The molecule has 0 bridgehead atoms. The third-order valence-corrected chi connectivity index (χ3v) is 3.67. The Balaban J connectivity index is 2.22. The van der Waals surface area contributed by atoms with Gasteiger partial charge in [-0.25, -0.2) is 4.98 Å². The van der Waals surface area contributed by atoms with Crippen LogP contribution in [0.1, 0.15) is 19.4 Å². The number of hydrogen-bond acceptors (Lipinski definition) is 3. The van der Waals surface area contributed by atoms with Crippen molar-refractivity contribution in [2.24, 2.45) is 5.92 Å². The Morgan fingerprint density at radius 1 is 1.24 bits per heavy atom. The molecule has 4 heteroatoms. The lowest BCUT2D eigenvalue weighted by molar-refractivity contribution is 0.552. The fraction of sp³-hybridized carbons (Fsp3) is 0.353. The summed E-state index contributed by atoms with van der Waals surface area (Å²) in [6, 6.07) is 12.4. The lowest BCUT2D eigenvalue weighted by atomic mass is 10.2. The summed E-state index contributed by atoms with van der Waals surface area (Å²) in [4.78, 5) is 6.72. The summed E-state index contributed by atoms with van der Waals surface area (Å²) in [5.74, 6) is 1.63. The molecule has 0 saturated heterocycles. The van der Waals surface area contributed by atoms with Crippen molar-refractivity contribution < 1.29 is 0 Å². The molecule has 0 spiro atoms. The normalized spacial score (nSPS) is 10.9. The zero-order chi connectivity index (χ0) is 15.2. The average molecular weight is 348 g/mol. The first-order valence-electron chi connectivity index (χ1n) is 7.22. The van der Waals surface area contributed by atoms with Crippen molar-refractivity contribution in [1.29, 1.82) is 0 Å². The highest BCUT2D eigenvalue weighted by molar-refractivity contribution is 9.10. The molecule has 2 rings (SSSR count). The number of benzene rings is 1. The molecule has 0 saturated carbocycles. The van der Waals surface area contributed by atoms with Crippen LogP contribution in [-0.2, 0) is 6.54 Å². The molecule has 3 nitrogen and oxygen atoms in total. The third-order valence-electron chi connectivity index (χ3n) is 3.24. The topological polar surface area (TPSA) is 28.2 Å². The summed E-state index contributed by atoms with van der Waals surface area (Å²) in [5, 5.41) is 3.49. The van der Waals surface area contributed by atoms with Crippen LogP contribution in [-0.4, -0.2) is 18.6 Å². The molecule has 0 aliphatic carbocycles. The SMILES string of the molecule is CC(C)CNCc1cc(Br)cnc1N(C)c1ccccc1. The van der Waals surface area contributed by atoms with Crippen LogP contribution in [0.2, 0.25) is 0 Å². The number of rotatable bonds is 6. The molecule has 1 aromatic carbocycles. The molecular weight excluding hydrogens is 326 g/mol. The van der Waals surface area contributed by atoms with Gasteiger partial charge in [0, 0.05) is 35.5 Å². The van der Waals surface area contributed by atoms with E-state index in [-0.39, 0.29) is 0 Å². The second-order valence-electron chi connectivity index (χ2n) is 5.56. The van der Waals surface area contributed by atoms with Gasteiger partial charge in [-0.3, -0.25) is 0 Å². The van der Waals surface area contributed by atoms with Gasteiger partial charge < -0.3 is 10.2 Å². The van der Waals surface area contributed by atoms with Crippen LogP contribution in [0.25, 0.3) is 0 Å². The Labute approximate surface area is 135 Å². The molecule has 0 aliphatic heterocycles. The maximum absolute atomic E-state index is 4.59. The van der Waals surface area contributed by atoms with Crippen LogP contribution in [0.5, 0.6) is 0 Å². The Kier molecular flexibility index (Phi) is 5.76. The Bertz CT molecular complexity index is 570. The third kappa shape index (κ3) is 4.55. The summed E-state index contributed by atoms with van der Waals surface area (Å²) in [7, 11) is 2.05. The maximum atomic E-state index is 4.59. The molecule has 0 unspecified atom stereocenters. The van der Waals surface area contributed by atoms with Gasteiger partial charge in [-0.15, -0.1) is 0 Å². The van der Waals surface area contributed by atoms with E-state index in [1.807, 2.05) is 24.4 Å². The number of nitrogens with one attached hydrogen (secondary N) is 1. The number of para-hydroxylation sites is 1. The zero-order valence-electron chi connectivity index (χ0n) is 12.8. The number of aromatic nitrogens is 1. The maximum Gasteiger partial charge on any atom is 0.137 e. The highest BCUT2D eigenvalue weighted by Crippen LogP contribution is 2.26. The number of halogens is 1. The quantitative estimate of drug-likeness (QED) is 0.841. The summed E-state index contributed by atoms with van der Waals surface area (Å²) in [6.45, 7) is 6.24. The number of anilines is 2. The fourth-order valence-corrected chi connectivity index (χ4v) is 2.55. The van der Waals surface area contributed by atoms with Crippen molar-refractivity contribution in [1.82, 2.24) is 10.3 Å². The van der Waals surface area contributed by atoms with Crippen LogP contribution in [0.15, 0.2) is 47.1 Å². The van der Waals surface area contributed by atoms with Gasteiger partial charge in [0.25, 0.3) is 0 Å². The van der Waals surface area contributed by atoms with Crippen molar-refractivity contribution >= 4 is 27.4 Å². The first-order chi connectivity index (χ1) is 10.1. The van der Waals surface area contributed by atoms with E-state index in [1.165, 1.54) is 5.56 Å². The molecule has 1 N–H and O–H groups in total. The summed E-state index contributed by atoms with van der Waals surface area (Å²) in [5.41, 5.74) is 2.33. The average Bonchev–Trinajstić information content (AvgIpc) is 2.47. The van der Waals surface area contributed by atoms with Gasteiger partial charge in [0.15, 0.2) is 0 Å². The van der Waals surface area contributed by atoms with Gasteiger partial charge in [0.05, 0.1) is 0 Å². The van der Waals surface area contributed by atoms with Gasteiger partial charge in [-0.1, -0.05) is 32.0 Å². The van der Waals surface area contributed by atoms with Gasteiger partial charge in [0.1, 0.15) is 5.82 Å². The zero-order valence-corrected chi connectivity index (χ0v) is 14.4. The van der Waals surface area contributed by atoms with E-state index in [1.54, 1.807) is 0 Å². The van der Waals surface area contributed by atoms with Crippen molar-refractivity contribution in [3.05, 3.63) is 52.6 Å². The Morgan fingerprint density at radius 3 is 2.62 bits per heavy atom. The standard InChI is InChI=1S/C17H22BrN3/c1-13(2)10-19-11-14-9-15(18)12-20-17(14)21(3)16-7-5-4-6-8-16/h4-9,12-13,19H,10-11H2,1-3H3. The Hall–Kier alpha value is -1.39. The largest absolute Gasteiger partial charge is 0.329 e. The van der Waals surface area contributed by atoms with Gasteiger partial charge in [0.2, 0.25) is 0 Å². The molecule has 0 atom stereocenters. The minimum absolute atomic E-state index is 0.639. The van der Waals surface area contributed by atoms with Crippen LogP contribution < -0.4 is 10.2 Å². The fourth-order valence-electron chi connectivity index (χ4n) is 2.18. The van der Waals surface area contributed by atoms with Crippen molar-refractivity contribution in [3.8, 4) is 0 Å². The van der Waals surface area contributed by atoms with E-state index in [0.29, 0.717) is 5.92 Å². The molecule has 2 aromatic rings. The monoisotopic (exact) mass is 347 g/mol. The molecule has 112 valence electrons. The molecule has 0 radical (unpaired) electrons. The summed E-state index contributed by atoms with van der Waals surface area (Å²) >= 11 is 3.51. The van der Waals surface area contributed by atoms with Crippen LogP contribution in [0, 0.1) is 5.92 Å². The lowest BCUT2D eigenvalue weighted by Crippen LogP contribution is -2.21. The van der Waals surface area contributed by atoms with Crippen molar-refractivity contribution in [2.75, 3.05) is 18.5 Å². The lowest BCUT2D eigenvalue weighted by Gasteiger charge is -2.22. The van der Waals surface area contributed by atoms with Crippen molar-refractivity contribution in [3.63, 3.8) is 0 Å². The molecular formula is C17H22BrN3. The summed E-state index contributed by atoms with van der Waals surface area (Å²) in [6.07, 6.45) is 1.85. The van der Waals surface area contributed by atoms with Crippen molar-refractivity contribution in [2.45, 2.75) is 20.4 Å². The minimum Gasteiger partial charge on any atom is -0.329 e. The second kappa shape index (κ2) is 7.57. The van der Waals surface area contributed by atoms with E-state index >= 15 is 0 Å². The van der Waals surface area contributed by atoms with E-state index in [0.717, 1.165) is 29.1 Å². The van der Waals surface area contributed by atoms with E-state index in [4.69, 9.17) is 0 Å². The predicted molar refractivity (Wildman–Crippen MR) is 93.0 cm³/mol. The number of hydrogen-bond donors (Lipinski definition) is 1. The molecule has 1 aromatic heterocycles. The summed E-state index contributed by atoms with van der Waals surface area (Å²) < 4.78 is 1.01. The highest BCUT2D eigenvalue weighted by atomic mass is 79.9. The van der Waals surface area contributed by atoms with Gasteiger partial charge in [-0.2, -0.15) is 0 Å². The van der Waals surface area contributed by atoms with Crippen LogP contribution in [0.3, 0.4) is 0 Å². The van der Waals surface area contributed by atoms with Crippen LogP contribution >= 0.6 is 15.9 Å². The minimum atomic E-state index is 0.639. The first kappa shape index (κ1) is 16.0. The van der Waals surface area contributed by atoms with Gasteiger partial charge >= 0.3 is 0 Å². The predicted octanol–water partition coefficient (Wildman–Crippen LogP) is 4.36. The van der Waals surface area contributed by atoms with Gasteiger partial charge in [-0.05, 0) is 46.6 Å². The van der Waals surface area contributed by atoms with E-state index in [9.17, 15) is 0 Å². The number of pyridine rings is 1. The van der Waals surface area contributed by atoms with Crippen LogP contribution in [0.4, 0.5) is 11.5 Å². The van der Waals surface area contributed by atoms with E-state index < -0.39 is 0 Å².